The van der Waals surface area contributed by atoms with Gasteiger partial charge < -0.3 is 19.9 Å². The third-order valence-corrected chi connectivity index (χ3v) is 5.08. The molecule has 1 aromatic carbocycles. The van der Waals surface area contributed by atoms with Gasteiger partial charge in [0.05, 0.1) is 6.54 Å². The normalized spacial score (nSPS) is 20.1. The van der Waals surface area contributed by atoms with Gasteiger partial charge in [0.2, 0.25) is 0 Å². The fourth-order valence-electron chi connectivity index (χ4n) is 3.44. The lowest BCUT2D eigenvalue weighted by Crippen LogP contribution is -2.55. The van der Waals surface area contributed by atoms with Crippen molar-refractivity contribution < 1.29 is 13.9 Å². The van der Waals surface area contributed by atoms with Crippen LogP contribution in [0, 0.1) is 12.7 Å². The van der Waals surface area contributed by atoms with Crippen LogP contribution in [0.15, 0.2) is 23.2 Å². The molecule has 2 fully saturated rings. The van der Waals surface area contributed by atoms with E-state index in [-0.39, 0.29) is 41.8 Å². The summed E-state index contributed by atoms with van der Waals surface area (Å²) in [5.41, 5.74) is 1.49. The highest BCUT2D eigenvalue weighted by Gasteiger charge is 2.30. The Labute approximate surface area is 183 Å². The molecule has 28 heavy (non-hydrogen) atoms. The van der Waals surface area contributed by atoms with Crippen molar-refractivity contribution in [2.75, 3.05) is 39.3 Å². The van der Waals surface area contributed by atoms with Crippen LogP contribution < -0.4 is 5.32 Å². The quantitative estimate of drug-likeness (QED) is 0.389. The SMILES string of the molecule is CCNC(=NCc1ccc(C)c(F)c1)N1CCN(C(=O)C2CCCO2)CC1.I. The number of benzene rings is 1. The van der Waals surface area contributed by atoms with E-state index >= 15 is 0 Å². The van der Waals surface area contributed by atoms with E-state index in [4.69, 9.17) is 4.74 Å². The van der Waals surface area contributed by atoms with Gasteiger partial charge in [0.15, 0.2) is 5.96 Å². The second-order valence-corrected chi connectivity index (χ2v) is 7.07. The van der Waals surface area contributed by atoms with Gasteiger partial charge in [0, 0.05) is 39.3 Å². The molecule has 6 nitrogen and oxygen atoms in total. The Morgan fingerprint density at radius 3 is 2.61 bits per heavy atom. The Morgan fingerprint density at radius 2 is 2.00 bits per heavy atom. The Balaban J connectivity index is 0.00000280. The van der Waals surface area contributed by atoms with Crippen molar-refractivity contribution in [2.45, 2.75) is 39.3 Å². The maximum absolute atomic E-state index is 13.7. The first kappa shape index (κ1) is 22.9. The van der Waals surface area contributed by atoms with E-state index in [0.717, 1.165) is 44.0 Å². The number of guanidine groups is 1. The second kappa shape index (κ2) is 10.9. The Kier molecular flexibility index (Phi) is 8.94. The zero-order chi connectivity index (χ0) is 19.2. The summed E-state index contributed by atoms with van der Waals surface area (Å²) in [7, 11) is 0. The van der Waals surface area contributed by atoms with Crippen LogP contribution in [0.5, 0.6) is 0 Å². The van der Waals surface area contributed by atoms with E-state index in [1.54, 1.807) is 19.1 Å². The fourth-order valence-corrected chi connectivity index (χ4v) is 3.44. The average Bonchev–Trinajstić information content (AvgIpc) is 3.22. The molecule has 0 radical (unpaired) electrons. The van der Waals surface area contributed by atoms with E-state index < -0.39 is 0 Å². The molecule has 8 heteroatoms. The van der Waals surface area contributed by atoms with Crippen molar-refractivity contribution in [3.63, 3.8) is 0 Å². The summed E-state index contributed by atoms with van der Waals surface area (Å²) < 4.78 is 19.2. The molecule has 0 bridgehead atoms. The monoisotopic (exact) mass is 504 g/mol. The molecule has 2 saturated heterocycles. The number of halogens is 2. The molecule has 2 aliphatic rings. The number of aliphatic imine (C=N–C) groups is 1. The summed E-state index contributed by atoms with van der Waals surface area (Å²) >= 11 is 0. The minimum Gasteiger partial charge on any atom is -0.368 e. The Morgan fingerprint density at radius 1 is 1.29 bits per heavy atom. The van der Waals surface area contributed by atoms with Gasteiger partial charge in [0.25, 0.3) is 5.91 Å². The highest BCUT2D eigenvalue weighted by molar-refractivity contribution is 14.0. The first-order valence-electron chi connectivity index (χ1n) is 9.77. The number of carbonyl (C=O) groups is 1. The predicted molar refractivity (Wildman–Crippen MR) is 118 cm³/mol. The molecule has 1 atom stereocenters. The summed E-state index contributed by atoms with van der Waals surface area (Å²) in [6.45, 7) is 8.45. The molecule has 1 aromatic rings. The zero-order valence-electron chi connectivity index (χ0n) is 16.6. The molecule has 1 N–H and O–H groups in total. The third-order valence-electron chi connectivity index (χ3n) is 5.08. The van der Waals surface area contributed by atoms with Crippen molar-refractivity contribution in [1.82, 2.24) is 15.1 Å². The van der Waals surface area contributed by atoms with Crippen LogP contribution in [0.3, 0.4) is 0 Å². The van der Waals surface area contributed by atoms with E-state index in [1.807, 2.05) is 17.9 Å². The third kappa shape index (κ3) is 5.79. The van der Waals surface area contributed by atoms with Gasteiger partial charge in [-0.15, -0.1) is 24.0 Å². The molecule has 156 valence electrons. The molecule has 2 aliphatic heterocycles. The topological polar surface area (TPSA) is 57.2 Å². The highest BCUT2D eigenvalue weighted by Crippen LogP contribution is 2.16. The lowest BCUT2D eigenvalue weighted by Gasteiger charge is -2.37. The molecule has 0 saturated carbocycles. The number of amides is 1. The van der Waals surface area contributed by atoms with E-state index in [0.29, 0.717) is 31.8 Å². The van der Waals surface area contributed by atoms with Gasteiger partial charge in [0.1, 0.15) is 11.9 Å². The number of rotatable bonds is 4. The van der Waals surface area contributed by atoms with Gasteiger partial charge in [-0.3, -0.25) is 4.79 Å². The largest absolute Gasteiger partial charge is 0.368 e. The van der Waals surface area contributed by atoms with Crippen molar-refractivity contribution in [3.8, 4) is 0 Å². The maximum atomic E-state index is 13.7. The number of piperazine rings is 1. The highest BCUT2D eigenvalue weighted by atomic mass is 127. The minimum atomic E-state index is -0.255. The molecule has 3 rings (SSSR count). The van der Waals surface area contributed by atoms with E-state index in [1.165, 1.54) is 0 Å². The first-order chi connectivity index (χ1) is 13.1. The smallest absolute Gasteiger partial charge is 0.251 e. The van der Waals surface area contributed by atoms with Crippen molar-refractivity contribution >= 4 is 35.8 Å². The second-order valence-electron chi connectivity index (χ2n) is 7.07. The maximum Gasteiger partial charge on any atom is 0.251 e. The molecular weight excluding hydrogens is 474 g/mol. The van der Waals surface area contributed by atoms with Crippen molar-refractivity contribution in [1.29, 1.82) is 0 Å². The number of hydrogen-bond donors (Lipinski definition) is 1. The summed E-state index contributed by atoms with van der Waals surface area (Å²) in [5, 5.41) is 3.30. The van der Waals surface area contributed by atoms with Gasteiger partial charge in [-0.2, -0.15) is 0 Å². The Bertz CT molecular complexity index is 687. The molecule has 2 heterocycles. The van der Waals surface area contributed by atoms with Crippen molar-refractivity contribution in [3.05, 3.63) is 35.1 Å². The van der Waals surface area contributed by atoms with Crippen LogP contribution in [0.1, 0.15) is 30.9 Å². The summed E-state index contributed by atoms with van der Waals surface area (Å²) in [5.74, 6) is 0.723. The lowest BCUT2D eigenvalue weighted by atomic mass is 10.1. The number of aryl methyl sites for hydroxylation is 1. The van der Waals surface area contributed by atoms with Crippen LogP contribution in [0.4, 0.5) is 4.39 Å². The average molecular weight is 504 g/mol. The number of carbonyl (C=O) groups excluding carboxylic acids is 1. The number of nitrogens with zero attached hydrogens (tertiary/aromatic N) is 3. The first-order valence-corrected chi connectivity index (χ1v) is 9.77. The van der Waals surface area contributed by atoms with Crippen molar-refractivity contribution in [2.24, 2.45) is 4.99 Å². The van der Waals surface area contributed by atoms with E-state index in [2.05, 4.69) is 15.2 Å². The standard InChI is InChI=1S/C20H29FN4O2.HI/c1-3-22-20(23-14-16-7-6-15(2)17(21)13-16)25-10-8-24(9-11-25)19(26)18-5-4-12-27-18;/h6-7,13,18H,3-5,8-12,14H2,1-2H3,(H,22,23);1H. The summed E-state index contributed by atoms with van der Waals surface area (Å²) in [6.07, 6.45) is 1.54. The lowest BCUT2D eigenvalue weighted by molar-refractivity contribution is -0.142. The minimum absolute atomic E-state index is 0. The molecular formula is C20H30FIN4O2. The summed E-state index contributed by atoms with van der Waals surface area (Å²) in [4.78, 5) is 21.2. The summed E-state index contributed by atoms with van der Waals surface area (Å²) in [6, 6.07) is 5.23. The van der Waals surface area contributed by atoms with Crippen LogP contribution in [-0.2, 0) is 16.1 Å². The number of nitrogens with one attached hydrogen (secondary N) is 1. The number of hydrogen-bond acceptors (Lipinski definition) is 3. The molecule has 0 aliphatic carbocycles. The van der Waals surface area contributed by atoms with Crippen LogP contribution >= 0.6 is 24.0 Å². The van der Waals surface area contributed by atoms with Gasteiger partial charge in [-0.05, 0) is 43.9 Å². The van der Waals surface area contributed by atoms with Gasteiger partial charge in [-0.25, -0.2) is 9.38 Å². The molecule has 0 aromatic heterocycles. The van der Waals surface area contributed by atoms with Gasteiger partial charge in [-0.1, -0.05) is 12.1 Å². The van der Waals surface area contributed by atoms with Crippen LogP contribution in [-0.4, -0.2) is 67.1 Å². The molecule has 1 unspecified atom stereocenters. The van der Waals surface area contributed by atoms with Gasteiger partial charge >= 0.3 is 0 Å². The zero-order valence-corrected chi connectivity index (χ0v) is 18.9. The number of ether oxygens (including phenoxy) is 1. The predicted octanol–water partition coefficient (Wildman–Crippen LogP) is 2.54. The van der Waals surface area contributed by atoms with Crippen LogP contribution in [0.25, 0.3) is 0 Å². The fraction of sp³-hybridized carbons (Fsp3) is 0.600. The Hall–Kier alpha value is -1.42. The van der Waals surface area contributed by atoms with Crippen LogP contribution in [0.2, 0.25) is 0 Å². The van der Waals surface area contributed by atoms with E-state index in [9.17, 15) is 9.18 Å². The molecule has 1 amide bonds. The molecule has 0 spiro atoms.